The van der Waals surface area contributed by atoms with Crippen LogP contribution < -0.4 is 5.32 Å². The minimum atomic E-state index is 0.892. The Morgan fingerprint density at radius 3 is 3.08 bits per heavy atom. The summed E-state index contributed by atoms with van der Waals surface area (Å²) in [5.74, 6) is 0.892. The molecule has 0 saturated carbocycles. The first-order valence-corrected chi connectivity index (χ1v) is 4.36. The van der Waals surface area contributed by atoms with E-state index in [1.807, 2.05) is 13.1 Å². The minimum Gasteiger partial charge on any atom is -0.373 e. The van der Waals surface area contributed by atoms with Gasteiger partial charge >= 0.3 is 0 Å². The molecule has 4 heteroatoms. The Hall–Kier alpha value is -1.58. The molecule has 0 radical (unpaired) electrons. The molecular formula is C9H12N4. The number of hydrogen-bond acceptors (Lipinski definition) is 3. The van der Waals surface area contributed by atoms with Crippen LogP contribution in [0.2, 0.25) is 0 Å². The van der Waals surface area contributed by atoms with Crippen molar-refractivity contribution in [2.24, 2.45) is 0 Å². The highest BCUT2D eigenvalue weighted by Crippen LogP contribution is 2.22. The Labute approximate surface area is 76.4 Å². The number of rotatable bonds is 2. The molecule has 0 saturated heterocycles. The Balaban J connectivity index is 2.76. The lowest BCUT2D eigenvalue weighted by Gasteiger charge is -2.00. The molecule has 0 aliphatic rings. The summed E-state index contributed by atoms with van der Waals surface area (Å²) in [4.78, 5) is 4.24. The van der Waals surface area contributed by atoms with Gasteiger partial charge in [0.05, 0.1) is 10.9 Å². The fraction of sp³-hybridized carbons (Fsp3) is 0.333. The lowest BCUT2D eigenvalue weighted by Crippen LogP contribution is -1.93. The molecule has 13 heavy (non-hydrogen) atoms. The quantitative estimate of drug-likeness (QED) is 0.730. The molecule has 0 aromatic carbocycles. The van der Waals surface area contributed by atoms with Crippen molar-refractivity contribution >= 4 is 16.7 Å². The number of aromatic nitrogens is 3. The van der Waals surface area contributed by atoms with E-state index in [0.717, 1.165) is 28.8 Å². The Morgan fingerprint density at radius 1 is 1.54 bits per heavy atom. The van der Waals surface area contributed by atoms with Gasteiger partial charge in [0.25, 0.3) is 0 Å². The summed E-state index contributed by atoms with van der Waals surface area (Å²) in [5, 5.41) is 11.4. The SMILES string of the molecule is CCc1[nH]nc2ccnc(NC)c12. The van der Waals surface area contributed by atoms with Gasteiger partial charge in [0.2, 0.25) is 0 Å². The van der Waals surface area contributed by atoms with E-state index in [2.05, 4.69) is 27.4 Å². The third kappa shape index (κ3) is 1.14. The monoisotopic (exact) mass is 176 g/mol. The van der Waals surface area contributed by atoms with Gasteiger partial charge in [0, 0.05) is 18.9 Å². The maximum Gasteiger partial charge on any atom is 0.137 e. The van der Waals surface area contributed by atoms with E-state index in [1.165, 1.54) is 0 Å². The van der Waals surface area contributed by atoms with Gasteiger partial charge in [-0.3, -0.25) is 5.10 Å². The number of anilines is 1. The molecule has 0 unspecified atom stereocenters. The van der Waals surface area contributed by atoms with Crippen LogP contribution in [0.25, 0.3) is 10.9 Å². The van der Waals surface area contributed by atoms with Crippen LogP contribution in [0, 0.1) is 0 Å². The van der Waals surface area contributed by atoms with Crippen LogP contribution in [0.15, 0.2) is 12.3 Å². The fourth-order valence-electron chi connectivity index (χ4n) is 1.47. The highest BCUT2D eigenvalue weighted by atomic mass is 15.1. The molecule has 0 amide bonds. The summed E-state index contributed by atoms with van der Waals surface area (Å²) in [6.07, 6.45) is 2.70. The van der Waals surface area contributed by atoms with Crippen molar-refractivity contribution in [3.63, 3.8) is 0 Å². The molecule has 0 spiro atoms. The molecule has 2 rings (SSSR count). The number of nitrogens with one attached hydrogen (secondary N) is 2. The lowest BCUT2D eigenvalue weighted by atomic mass is 10.2. The average molecular weight is 176 g/mol. The number of hydrogen-bond donors (Lipinski definition) is 2. The van der Waals surface area contributed by atoms with E-state index in [4.69, 9.17) is 0 Å². The molecule has 0 fully saturated rings. The number of aryl methyl sites for hydroxylation is 1. The second kappa shape index (κ2) is 3.05. The molecule has 2 heterocycles. The standard InChI is InChI=1S/C9H12N4/c1-3-6-8-7(13-12-6)4-5-11-9(8)10-2/h4-5H,3H2,1-2H3,(H,10,11)(H,12,13). The third-order valence-electron chi connectivity index (χ3n) is 2.13. The van der Waals surface area contributed by atoms with Gasteiger partial charge in [0.15, 0.2) is 0 Å². The number of pyridine rings is 1. The Kier molecular flexibility index (Phi) is 1.88. The summed E-state index contributed by atoms with van der Waals surface area (Å²) >= 11 is 0. The van der Waals surface area contributed by atoms with Crippen molar-refractivity contribution in [2.45, 2.75) is 13.3 Å². The molecule has 2 aromatic rings. The topological polar surface area (TPSA) is 53.6 Å². The number of H-pyrrole nitrogens is 1. The van der Waals surface area contributed by atoms with Gasteiger partial charge in [-0.05, 0) is 12.5 Å². The van der Waals surface area contributed by atoms with Crippen LogP contribution in [-0.2, 0) is 6.42 Å². The molecule has 0 atom stereocenters. The fourth-order valence-corrected chi connectivity index (χ4v) is 1.47. The molecular weight excluding hydrogens is 164 g/mol. The molecule has 0 bridgehead atoms. The molecule has 0 aliphatic heterocycles. The highest BCUT2D eigenvalue weighted by Gasteiger charge is 2.07. The van der Waals surface area contributed by atoms with E-state index in [1.54, 1.807) is 6.20 Å². The van der Waals surface area contributed by atoms with E-state index in [0.29, 0.717) is 0 Å². The number of fused-ring (bicyclic) bond motifs is 1. The van der Waals surface area contributed by atoms with Crippen molar-refractivity contribution in [3.8, 4) is 0 Å². The van der Waals surface area contributed by atoms with Gasteiger partial charge in [0.1, 0.15) is 5.82 Å². The number of aromatic amines is 1. The summed E-state index contributed by atoms with van der Waals surface area (Å²) < 4.78 is 0. The second-order valence-corrected chi connectivity index (χ2v) is 2.86. The average Bonchev–Trinajstić information content (AvgIpc) is 2.60. The van der Waals surface area contributed by atoms with Crippen LogP contribution in [0.4, 0.5) is 5.82 Å². The molecule has 2 N–H and O–H groups in total. The largest absolute Gasteiger partial charge is 0.373 e. The first-order chi connectivity index (χ1) is 6.36. The van der Waals surface area contributed by atoms with Crippen molar-refractivity contribution in [3.05, 3.63) is 18.0 Å². The summed E-state index contributed by atoms with van der Waals surface area (Å²) in [6, 6.07) is 1.91. The molecule has 4 nitrogen and oxygen atoms in total. The van der Waals surface area contributed by atoms with Gasteiger partial charge in [-0.1, -0.05) is 6.92 Å². The first-order valence-electron chi connectivity index (χ1n) is 4.36. The summed E-state index contributed by atoms with van der Waals surface area (Å²) in [7, 11) is 1.87. The minimum absolute atomic E-state index is 0.892. The second-order valence-electron chi connectivity index (χ2n) is 2.86. The van der Waals surface area contributed by atoms with Crippen LogP contribution in [-0.4, -0.2) is 22.2 Å². The molecule has 68 valence electrons. The van der Waals surface area contributed by atoms with Gasteiger partial charge in [-0.2, -0.15) is 5.10 Å². The van der Waals surface area contributed by atoms with Crippen molar-refractivity contribution in [2.75, 3.05) is 12.4 Å². The lowest BCUT2D eigenvalue weighted by molar-refractivity contribution is 0.988. The predicted molar refractivity (Wildman–Crippen MR) is 52.8 cm³/mol. The third-order valence-corrected chi connectivity index (χ3v) is 2.13. The van der Waals surface area contributed by atoms with E-state index < -0.39 is 0 Å². The van der Waals surface area contributed by atoms with Crippen molar-refractivity contribution < 1.29 is 0 Å². The zero-order chi connectivity index (χ0) is 9.26. The molecule has 0 aliphatic carbocycles. The predicted octanol–water partition coefficient (Wildman–Crippen LogP) is 1.56. The van der Waals surface area contributed by atoms with E-state index in [-0.39, 0.29) is 0 Å². The van der Waals surface area contributed by atoms with Crippen LogP contribution in [0.1, 0.15) is 12.6 Å². The smallest absolute Gasteiger partial charge is 0.137 e. The van der Waals surface area contributed by atoms with Gasteiger partial charge < -0.3 is 5.32 Å². The Morgan fingerprint density at radius 2 is 2.38 bits per heavy atom. The van der Waals surface area contributed by atoms with Gasteiger partial charge in [-0.15, -0.1) is 0 Å². The summed E-state index contributed by atoms with van der Waals surface area (Å²) in [5.41, 5.74) is 2.10. The van der Waals surface area contributed by atoms with Crippen molar-refractivity contribution in [1.82, 2.24) is 15.2 Å². The van der Waals surface area contributed by atoms with Crippen molar-refractivity contribution in [1.29, 1.82) is 0 Å². The zero-order valence-corrected chi connectivity index (χ0v) is 7.76. The molecule has 2 aromatic heterocycles. The van der Waals surface area contributed by atoms with Gasteiger partial charge in [-0.25, -0.2) is 4.98 Å². The van der Waals surface area contributed by atoms with Crippen LogP contribution in [0.3, 0.4) is 0 Å². The zero-order valence-electron chi connectivity index (χ0n) is 7.76. The first kappa shape index (κ1) is 8.04. The van der Waals surface area contributed by atoms with Crippen LogP contribution in [0.5, 0.6) is 0 Å². The van der Waals surface area contributed by atoms with Crippen LogP contribution >= 0.6 is 0 Å². The highest BCUT2D eigenvalue weighted by molar-refractivity contribution is 5.91. The maximum atomic E-state index is 4.24. The van der Waals surface area contributed by atoms with E-state index in [9.17, 15) is 0 Å². The summed E-state index contributed by atoms with van der Waals surface area (Å²) in [6.45, 7) is 2.10. The Bertz CT molecular complexity index is 418. The van der Waals surface area contributed by atoms with E-state index >= 15 is 0 Å². The number of nitrogens with zero attached hydrogens (tertiary/aromatic N) is 2. The maximum absolute atomic E-state index is 4.24. The normalized spacial score (nSPS) is 10.6.